The molecule has 1 amide bonds. The van der Waals surface area contributed by atoms with Crippen LogP contribution < -0.4 is 5.73 Å². The van der Waals surface area contributed by atoms with Crippen molar-refractivity contribution >= 4 is 29.3 Å². The summed E-state index contributed by atoms with van der Waals surface area (Å²) < 4.78 is 2.12. The second-order valence-corrected chi connectivity index (χ2v) is 4.21. The van der Waals surface area contributed by atoms with Crippen molar-refractivity contribution in [3.8, 4) is 0 Å². The summed E-state index contributed by atoms with van der Waals surface area (Å²) in [6.45, 7) is 0.930. The average molecular weight is 252 g/mol. The molecule has 1 aromatic carbocycles. The van der Waals surface area contributed by atoms with Gasteiger partial charge in [0.25, 0.3) is 0 Å². The quantitative estimate of drug-likeness (QED) is 0.840. The standard InChI is InChI=1S/C12H13N3O.ClH/c13-11(16)8-4-3-7-15-10-6-2-1-5-9(10)14-12(8)15;/h1-2,5-6,8H,3-4,7H2,(H2,13,16);1H. The molecule has 90 valence electrons. The van der Waals surface area contributed by atoms with Crippen LogP contribution in [-0.2, 0) is 11.3 Å². The van der Waals surface area contributed by atoms with E-state index < -0.39 is 0 Å². The van der Waals surface area contributed by atoms with Crippen molar-refractivity contribution in [2.75, 3.05) is 0 Å². The first kappa shape index (κ1) is 11.9. The number of hydrogen-bond acceptors (Lipinski definition) is 2. The zero-order valence-electron chi connectivity index (χ0n) is 9.30. The highest BCUT2D eigenvalue weighted by Gasteiger charge is 2.27. The molecule has 0 spiro atoms. The number of amides is 1. The molecule has 1 atom stereocenters. The maximum Gasteiger partial charge on any atom is 0.228 e. The maximum atomic E-state index is 11.4. The van der Waals surface area contributed by atoms with Gasteiger partial charge in [0.15, 0.2) is 0 Å². The third-order valence-electron chi connectivity index (χ3n) is 3.21. The van der Waals surface area contributed by atoms with E-state index in [1.165, 1.54) is 0 Å². The number of benzene rings is 1. The summed E-state index contributed by atoms with van der Waals surface area (Å²) in [6, 6.07) is 7.96. The van der Waals surface area contributed by atoms with Crippen LogP contribution in [0.3, 0.4) is 0 Å². The fourth-order valence-electron chi connectivity index (χ4n) is 2.45. The van der Waals surface area contributed by atoms with Gasteiger partial charge in [-0.2, -0.15) is 0 Å². The van der Waals surface area contributed by atoms with Gasteiger partial charge in [-0.3, -0.25) is 4.79 Å². The molecule has 2 N–H and O–H groups in total. The lowest BCUT2D eigenvalue weighted by molar-refractivity contribution is -0.120. The maximum absolute atomic E-state index is 11.4. The number of hydrogen-bond donors (Lipinski definition) is 1. The highest BCUT2D eigenvalue weighted by atomic mass is 35.5. The van der Waals surface area contributed by atoms with E-state index in [1.54, 1.807) is 0 Å². The van der Waals surface area contributed by atoms with Crippen LogP contribution >= 0.6 is 12.4 Å². The molecule has 0 saturated heterocycles. The van der Waals surface area contributed by atoms with Gasteiger partial charge < -0.3 is 10.3 Å². The molecule has 0 radical (unpaired) electrons. The predicted octanol–water partition coefficient (Wildman–Crippen LogP) is 1.82. The second kappa shape index (κ2) is 4.37. The minimum absolute atomic E-state index is 0. The lowest BCUT2D eigenvalue weighted by Crippen LogP contribution is -2.27. The molecule has 1 unspecified atom stereocenters. The number of imidazole rings is 1. The Morgan fingerprint density at radius 1 is 1.41 bits per heavy atom. The van der Waals surface area contributed by atoms with Crippen LogP contribution in [-0.4, -0.2) is 15.5 Å². The van der Waals surface area contributed by atoms with Crippen molar-refractivity contribution in [3.05, 3.63) is 30.1 Å². The molecular weight excluding hydrogens is 238 g/mol. The van der Waals surface area contributed by atoms with E-state index >= 15 is 0 Å². The van der Waals surface area contributed by atoms with Crippen molar-refractivity contribution < 1.29 is 4.79 Å². The number of carbonyl (C=O) groups excluding carboxylic acids is 1. The third-order valence-corrected chi connectivity index (χ3v) is 3.21. The summed E-state index contributed by atoms with van der Waals surface area (Å²) in [5.41, 5.74) is 7.46. The summed E-state index contributed by atoms with van der Waals surface area (Å²) in [4.78, 5) is 15.9. The van der Waals surface area contributed by atoms with Gasteiger partial charge in [-0.25, -0.2) is 4.98 Å². The zero-order valence-corrected chi connectivity index (χ0v) is 10.1. The van der Waals surface area contributed by atoms with E-state index in [4.69, 9.17) is 5.73 Å². The van der Waals surface area contributed by atoms with Crippen LogP contribution in [0, 0.1) is 0 Å². The summed E-state index contributed by atoms with van der Waals surface area (Å²) >= 11 is 0. The van der Waals surface area contributed by atoms with Crippen molar-refractivity contribution in [3.63, 3.8) is 0 Å². The second-order valence-electron chi connectivity index (χ2n) is 4.21. The number of nitrogens with zero attached hydrogens (tertiary/aromatic N) is 2. The minimum atomic E-state index is -0.267. The molecule has 0 aliphatic carbocycles. The van der Waals surface area contributed by atoms with Crippen LogP contribution in [0.25, 0.3) is 11.0 Å². The monoisotopic (exact) mass is 251 g/mol. The normalized spacial score (nSPS) is 18.5. The topological polar surface area (TPSA) is 60.9 Å². The largest absolute Gasteiger partial charge is 0.369 e. The SMILES string of the molecule is Cl.NC(=O)C1CCCn2c1nc1ccccc12. The third kappa shape index (κ3) is 1.78. The number of aryl methyl sites for hydroxylation is 1. The summed E-state index contributed by atoms with van der Waals surface area (Å²) in [5.74, 6) is 0.345. The molecule has 1 aromatic heterocycles. The predicted molar refractivity (Wildman–Crippen MR) is 68.2 cm³/mol. The number of nitrogens with two attached hydrogens (primary N) is 1. The molecule has 0 bridgehead atoms. The number of primary amides is 1. The lowest BCUT2D eigenvalue weighted by atomic mass is 9.98. The number of halogens is 1. The van der Waals surface area contributed by atoms with E-state index in [9.17, 15) is 4.79 Å². The highest BCUT2D eigenvalue weighted by Crippen LogP contribution is 2.29. The molecule has 0 saturated carbocycles. The fourth-order valence-corrected chi connectivity index (χ4v) is 2.45. The van der Waals surface area contributed by atoms with Crippen LogP contribution in [0.15, 0.2) is 24.3 Å². The van der Waals surface area contributed by atoms with Crippen molar-refractivity contribution in [2.24, 2.45) is 5.73 Å². The van der Waals surface area contributed by atoms with Gasteiger partial charge in [-0.1, -0.05) is 12.1 Å². The first-order valence-electron chi connectivity index (χ1n) is 5.52. The summed E-state index contributed by atoms with van der Waals surface area (Å²) in [7, 11) is 0. The van der Waals surface area contributed by atoms with Crippen LogP contribution in [0.4, 0.5) is 0 Å². The molecule has 17 heavy (non-hydrogen) atoms. The van der Waals surface area contributed by atoms with Gasteiger partial charge >= 0.3 is 0 Å². The Balaban J connectivity index is 0.00000108. The number of para-hydroxylation sites is 2. The molecular formula is C12H14ClN3O. The van der Waals surface area contributed by atoms with Crippen LogP contribution in [0.1, 0.15) is 24.6 Å². The van der Waals surface area contributed by atoms with E-state index in [-0.39, 0.29) is 24.2 Å². The van der Waals surface area contributed by atoms with Gasteiger partial charge in [0, 0.05) is 6.54 Å². The average Bonchev–Trinajstić information content (AvgIpc) is 2.67. The molecule has 3 rings (SSSR count). The van der Waals surface area contributed by atoms with Gasteiger partial charge in [-0.15, -0.1) is 12.4 Å². The molecule has 4 nitrogen and oxygen atoms in total. The number of carbonyl (C=O) groups is 1. The zero-order chi connectivity index (χ0) is 11.1. The molecule has 5 heteroatoms. The Labute approximate surface area is 105 Å². The number of fused-ring (bicyclic) bond motifs is 3. The summed E-state index contributed by atoms with van der Waals surface area (Å²) in [6.07, 6.45) is 1.81. The Morgan fingerprint density at radius 2 is 2.18 bits per heavy atom. The molecule has 1 aliphatic rings. The van der Waals surface area contributed by atoms with Gasteiger partial charge in [0.2, 0.25) is 5.91 Å². The van der Waals surface area contributed by atoms with E-state index in [0.717, 1.165) is 36.2 Å². The van der Waals surface area contributed by atoms with E-state index in [0.29, 0.717) is 0 Å². The Morgan fingerprint density at radius 3 is 2.94 bits per heavy atom. The van der Waals surface area contributed by atoms with Crippen molar-refractivity contribution in [1.82, 2.24) is 9.55 Å². The van der Waals surface area contributed by atoms with E-state index in [2.05, 4.69) is 9.55 Å². The van der Waals surface area contributed by atoms with Gasteiger partial charge in [0.1, 0.15) is 5.82 Å². The Bertz CT molecular complexity index is 564. The first-order chi connectivity index (χ1) is 7.77. The fraction of sp³-hybridized carbons (Fsp3) is 0.333. The smallest absolute Gasteiger partial charge is 0.228 e. The Hall–Kier alpha value is -1.55. The van der Waals surface area contributed by atoms with Gasteiger partial charge in [-0.05, 0) is 25.0 Å². The van der Waals surface area contributed by atoms with Crippen molar-refractivity contribution in [2.45, 2.75) is 25.3 Å². The molecule has 1 aliphatic heterocycles. The highest BCUT2D eigenvalue weighted by molar-refractivity contribution is 5.85. The lowest BCUT2D eigenvalue weighted by Gasteiger charge is -2.21. The summed E-state index contributed by atoms with van der Waals surface area (Å²) in [5, 5.41) is 0. The van der Waals surface area contributed by atoms with Crippen molar-refractivity contribution in [1.29, 1.82) is 0 Å². The number of rotatable bonds is 1. The van der Waals surface area contributed by atoms with Crippen LogP contribution in [0.2, 0.25) is 0 Å². The molecule has 2 aromatic rings. The molecule has 0 fully saturated rings. The van der Waals surface area contributed by atoms with E-state index in [1.807, 2.05) is 24.3 Å². The van der Waals surface area contributed by atoms with Crippen LogP contribution in [0.5, 0.6) is 0 Å². The van der Waals surface area contributed by atoms with Gasteiger partial charge in [0.05, 0.1) is 17.0 Å². The molecule has 2 heterocycles. The number of aromatic nitrogens is 2. The minimum Gasteiger partial charge on any atom is -0.369 e. The first-order valence-corrected chi connectivity index (χ1v) is 5.52. The Kier molecular flexibility index (Phi) is 3.07.